The highest BCUT2D eigenvalue weighted by Crippen LogP contribution is 2.26. The molecule has 2 N–H and O–H groups in total. The number of aliphatic imine (C=N–C) groups is 1. The lowest BCUT2D eigenvalue weighted by Gasteiger charge is -2.24. The molecule has 29 heavy (non-hydrogen) atoms. The summed E-state index contributed by atoms with van der Waals surface area (Å²) in [6.07, 6.45) is 9.73. The molecule has 1 atom stereocenters. The van der Waals surface area contributed by atoms with Crippen molar-refractivity contribution in [3.63, 3.8) is 0 Å². The highest BCUT2D eigenvalue weighted by atomic mass is 127. The molecule has 2 fully saturated rings. The second kappa shape index (κ2) is 12.3. The molecule has 3 rings (SSSR count). The Bertz CT molecular complexity index is 662. The first kappa shape index (κ1) is 23.9. The van der Waals surface area contributed by atoms with Crippen LogP contribution in [0, 0.1) is 10.1 Å². The van der Waals surface area contributed by atoms with Gasteiger partial charge in [-0.3, -0.25) is 20.0 Å². The van der Waals surface area contributed by atoms with Crippen LogP contribution in [0.1, 0.15) is 50.5 Å². The quantitative estimate of drug-likeness (QED) is 0.138. The minimum atomic E-state index is -0.357. The summed E-state index contributed by atoms with van der Waals surface area (Å²) in [4.78, 5) is 17.4. The second-order valence-corrected chi connectivity index (χ2v) is 7.94. The Morgan fingerprint density at radius 1 is 1.21 bits per heavy atom. The number of guanidine groups is 1. The first-order valence-electron chi connectivity index (χ1n) is 10.6. The number of hydrogen-bond donors (Lipinski definition) is 2. The number of non-ortho nitro benzene ring substituents is 1. The number of rotatable bonds is 8. The van der Waals surface area contributed by atoms with Gasteiger partial charge >= 0.3 is 0 Å². The normalized spacial score (nSPS) is 20.4. The van der Waals surface area contributed by atoms with Crippen molar-refractivity contribution in [3.8, 4) is 0 Å². The molecule has 7 nitrogen and oxygen atoms in total. The predicted molar refractivity (Wildman–Crippen MR) is 128 cm³/mol. The van der Waals surface area contributed by atoms with Crippen LogP contribution in [0.3, 0.4) is 0 Å². The van der Waals surface area contributed by atoms with Gasteiger partial charge in [-0.1, -0.05) is 25.0 Å². The first-order valence-corrected chi connectivity index (χ1v) is 10.6. The molecule has 1 saturated heterocycles. The Morgan fingerprint density at radius 2 is 1.93 bits per heavy atom. The monoisotopic (exact) mass is 515 g/mol. The zero-order chi connectivity index (χ0) is 19.8. The van der Waals surface area contributed by atoms with Gasteiger partial charge in [-0.05, 0) is 44.1 Å². The van der Waals surface area contributed by atoms with E-state index in [1.807, 2.05) is 19.2 Å². The van der Waals surface area contributed by atoms with Crippen molar-refractivity contribution in [3.05, 3.63) is 39.9 Å². The number of nitro groups is 1. The lowest BCUT2D eigenvalue weighted by atomic mass is 10.1. The van der Waals surface area contributed by atoms with Gasteiger partial charge in [0.25, 0.3) is 5.69 Å². The third-order valence-electron chi connectivity index (χ3n) is 5.96. The average Bonchev–Trinajstić information content (AvgIpc) is 3.39. The number of likely N-dealkylation sites (tertiary alicyclic amines) is 1. The minimum Gasteiger partial charge on any atom is -0.356 e. The van der Waals surface area contributed by atoms with Gasteiger partial charge in [0.2, 0.25) is 0 Å². The summed E-state index contributed by atoms with van der Waals surface area (Å²) in [5.74, 6) is 0.897. The van der Waals surface area contributed by atoms with E-state index in [1.165, 1.54) is 38.6 Å². The number of nitro benzene ring substituents is 1. The number of hydrogen-bond acceptors (Lipinski definition) is 4. The Labute approximate surface area is 190 Å². The van der Waals surface area contributed by atoms with E-state index in [9.17, 15) is 10.1 Å². The van der Waals surface area contributed by atoms with Crippen molar-refractivity contribution in [1.82, 2.24) is 15.5 Å². The molecule has 1 aliphatic carbocycles. The van der Waals surface area contributed by atoms with Gasteiger partial charge in [0, 0.05) is 50.9 Å². The first-order chi connectivity index (χ1) is 13.7. The van der Waals surface area contributed by atoms with Crippen LogP contribution >= 0.6 is 24.0 Å². The molecule has 1 aromatic carbocycles. The zero-order valence-electron chi connectivity index (χ0n) is 17.3. The minimum absolute atomic E-state index is 0. The van der Waals surface area contributed by atoms with E-state index in [0.29, 0.717) is 6.04 Å². The molecule has 162 valence electrons. The fraction of sp³-hybridized carbons (Fsp3) is 0.667. The van der Waals surface area contributed by atoms with Crippen LogP contribution in [0.15, 0.2) is 29.3 Å². The van der Waals surface area contributed by atoms with Crippen LogP contribution < -0.4 is 10.6 Å². The third kappa shape index (κ3) is 7.40. The molecule has 1 heterocycles. The van der Waals surface area contributed by atoms with Crippen molar-refractivity contribution in [1.29, 1.82) is 0 Å². The van der Waals surface area contributed by atoms with E-state index >= 15 is 0 Å². The Balaban J connectivity index is 0.00000300. The maximum atomic E-state index is 10.7. The summed E-state index contributed by atoms with van der Waals surface area (Å²) in [5, 5.41) is 17.7. The Kier molecular flexibility index (Phi) is 10.1. The van der Waals surface area contributed by atoms with Gasteiger partial charge in [0.05, 0.1) is 4.92 Å². The summed E-state index contributed by atoms with van der Waals surface area (Å²) in [5.41, 5.74) is 1.30. The molecular formula is C21H34IN5O2. The van der Waals surface area contributed by atoms with Gasteiger partial charge < -0.3 is 10.6 Å². The highest BCUT2D eigenvalue weighted by Gasteiger charge is 2.30. The smallest absolute Gasteiger partial charge is 0.269 e. The number of nitrogens with zero attached hydrogens (tertiary/aromatic N) is 3. The molecular weight excluding hydrogens is 481 g/mol. The van der Waals surface area contributed by atoms with Crippen LogP contribution in [0.5, 0.6) is 0 Å². The standard InChI is InChI=1S/C21H33N5O2.HI/c1-22-21(24-18-13-15-25(16-18)19-7-2-3-8-19)23-14-5-4-6-17-9-11-20(12-10-17)26(27)28;/h9-12,18-19H,2-8,13-16H2,1H3,(H2,22,23,24);1H. The van der Waals surface area contributed by atoms with Crippen LogP contribution in [-0.4, -0.2) is 54.5 Å². The molecule has 0 amide bonds. The topological polar surface area (TPSA) is 82.8 Å². The van der Waals surface area contributed by atoms with Gasteiger partial charge in [-0.2, -0.15) is 0 Å². The van der Waals surface area contributed by atoms with E-state index in [0.717, 1.165) is 49.9 Å². The number of benzene rings is 1. The molecule has 0 aromatic heterocycles. The van der Waals surface area contributed by atoms with Gasteiger partial charge in [-0.25, -0.2) is 0 Å². The molecule has 8 heteroatoms. The van der Waals surface area contributed by atoms with Crippen LogP contribution in [-0.2, 0) is 6.42 Å². The van der Waals surface area contributed by atoms with Crippen LogP contribution in [0.2, 0.25) is 0 Å². The number of unbranched alkanes of at least 4 members (excludes halogenated alkanes) is 1. The molecule has 1 saturated carbocycles. The lowest BCUT2D eigenvalue weighted by molar-refractivity contribution is -0.384. The van der Waals surface area contributed by atoms with Gasteiger partial charge in [0.1, 0.15) is 0 Å². The third-order valence-corrected chi connectivity index (χ3v) is 5.96. The molecule has 0 bridgehead atoms. The van der Waals surface area contributed by atoms with Crippen LogP contribution in [0.25, 0.3) is 0 Å². The SMILES string of the molecule is CN=C(NCCCCc1ccc([N+](=O)[O-])cc1)NC1CCN(C2CCCC2)C1.I. The Morgan fingerprint density at radius 3 is 2.59 bits per heavy atom. The summed E-state index contributed by atoms with van der Waals surface area (Å²) in [6.45, 7) is 3.21. The summed E-state index contributed by atoms with van der Waals surface area (Å²) < 4.78 is 0. The van der Waals surface area contributed by atoms with E-state index < -0.39 is 0 Å². The van der Waals surface area contributed by atoms with E-state index in [-0.39, 0.29) is 34.6 Å². The fourth-order valence-corrected chi connectivity index (χ4v) is 4.34. The van der Waals surface area contributed by atoms with Crippen LogP contribution in [0.4, 0.5) is 5.69 Å². The summed E-state index contributed by atoms with van der Waals surface area (Å²) >= 11 is 0. The highest BCUT2D eigenvalue weighted by molar-refractivity contribution is 14.0. The Hall–Kier alpha value is -1.42. The largest absolute Gasteiger partial charge is 0.356 e. The van der Waals surface area contributed by atoms with Crippen molar-refractivity contribution < 1.29 is 4.92 Å². The molecule has 2 aliphatic rings. The van der Waals surface area contributed by atoms with Gasteiger partial charge in [0.15, 0.2) is 5.96 Å². The van der Waals surface area contributed by atoms with E-state index in [1.54, 1.807) is 12.1 Å². The van der Waals surface area contributed by atoms with E-state index in [4.69, 9.17) is 0 Å². The molecule has 1 aliphatic heterocycles. The molecule has 1 unspecified atom stereocenters. The lowest BCUT2D eigenvalue weighted by Crippen LogP contribution is -2.45. The maximum absolute atomic E-state index is 10.7. The van der Waals surface area contributed by atoms with Crippen molar-refractivity contribution in [2.75, 3.05) is 26.7 Å². The van der Waals surface area contributed by atoms with Crippen molar-refractivity contribution >= 4 is 35.6 Å². The molecule has 0 radical (unpaired) electrons. The summed E-state index contributed by atoms with van der Waals surface area (Å²) in [7, 11) is 1.83. The second-order valence-electron chi connectivity index (χ2n) is 7.94. The summed E-state index contributed by atoms with van der Waals surface area (Å²) in [6, 6.07) is 8.16. The zero-order valence-corrected chi connectivity index (χ0v) is 19.6. The number of nitrogens with one attached hydrogen (secondary N) is 2. The maximum Gasteiger partial charge on any atom is 0.269 e. The number of halogens is 1. The number of aryl methyl sites for hydroxylation is 1. The molecule has 1 aromatic rings. The van der Waals surface area contributed by atoms with Crippen molar-refractivity contribution in [2.24, 2.45) is 4.99 Å². The average molecular weight is 515 g/mol. The van der Waals surface area contributed by atoms with Gasteiger partial charge in [-0.15, -0.1) is 24.0 Å². The predicted octanol–water partition coefficient (Wildman–Crippen LogP) is 3.72. The van der Waals surface area contributed by atoms with E-state index in [2.05, 4.69) is 20.5 Å². The van der Waals surface area contributed by atoms with Crippen molar-refractivity contribution in [2.45, 2.75) is 63.5 Å². The molecule has 0 spiro atoms. The fourth-order valence-electron chi connectivity index (χ4n) is 4.34.